The van der Waals surface area contributed by atoms with Gasteiger partial charge in [0.05, 0.1) is 0 Å². The first-order valence-corrected chi connectivity index (χ1v) is 9.24. The standard InChI is InChI=1S/C18H20Cl2N4O.ClH/c1-23-4-3-22-17(23)16-10-21-2-5-24(16)18(25)15-9-14(15)11-6-12(19)8-13(20)7-11;/h3-4,6-8,14-16,21H,2,5,9-10H2,1H3;1H. The van der Waals surface area contributed by atoms with E-state index in [0.29, 0.717) is 16.6 Å². The Morgan fingerprint density at radius 2 is 2.00 bits per heavy atom. The topological polar surface area (TPSA) is 50.2 Å². The van der Waals surface area contributed by atoms with Gasteiger partial charge in [-0.25, -0.2) is 4.98 Å². The van der Waals surface area contributed by atoms with Crippen LogP contribution in [0.3, 0.4) is 0 Å². The van der Waals surface area contributed by atoms with Gasteiger partial charge in [0.2, 0.25) is 5.91 Å². The predicted molar refractivity (Wildman–Crippen MR) is 105 cm³/mol. The molecule has 8 heteroatoms. The molecule has 26 heavy (non-hydrogen) atoms. The zero-order chi connectivity index (χ0) is 17.6. The van der Waals surface area contributed by atoms with Crippen molar-refractivity contribution in [1.29, 1.82) is 0 Å². The number of nitrogens with zero attached hydrogens (tertiary/aromatic N) is 3. The van der Waals surface area contributed by atoms with Gasteiger partial charge in [-0.1, -0.05) is 23.2 Å². The van der Waals surface area contributed by atoms with Crippen LogP contribution in [-0.4, -0.2) is 40.0 Å². The van der Waals surface area contributed by atoms with Crippen molar-refractivity contribution in [3.63, 3.8) is 0 Å². The molecule has 0 spiro atoms. The van der Waals surface area contributed by atoms with Crippen LogP contribution in [0.25, 0.3) is 0 Å². The van der Waals surface area contributed by atoms with Crippen molar-refractivity contribution in [3.8, 4) is 0 Å². The molecular weight excluding hydrogens is 395 g/mol. The molecule has 1 N–H and O–H groups in total. The molecule has 1 aliphatic carbocycles. The molecule has 1 saturated carbocycles. The van der Waals surface area contributed by atoms with Gasteiger partial charge < -0.3 is 14.8 Å². The van der Waals surface area contributed by atoms with Gasteiger partial charge in [-0.15, -0.1) is 12.4 Å². The minimum absolute atomic E-state index is 0. The average Bonchev–Trinajstić information content (AvgIpc) is 3.28. The molecule has 1 aromatic carbocycles. The minimum atomic E-state index is -0.0227. The Labute approximate surface area is 169 Å². The number of carbonyl (C=O) groups excluding carboxylic acids is 1. The lowest BCUT2D eigenvalue weighted by Crippen LogP contribution is -2.50. The number of piperazine rings is 1. The molecule has 4 rings (SSSR count). The monoisotopic (exact) mass is 414 g/mol. The van der Waals surface area contributed by atoms with Gasteiger partial charge in [-0.3, -0.25) is 4.79 Å². The lowest BCUT2D eigenvalue weighted by molar-refractivity contribution is -0.136. The van der Waals surface area contributed by atoms with E-state index in [-0.39, 0.29) is 36.2 Å². The minimum Gasteiger partial charge on any atom is -0.336 e. The molecule has 1 amide bonds. The summed E-state index contributed by atoms with van der Waals surface area (Å²) in [5.74, 6) is 1.34. The number of amides is 1. The summed E-state index contributed by atoms with van der Waals surface area (Å²) in [4.78, 5) is 19.6. The molecule has 1 saturated heterocycles. The third-order valence-electron chi connectivity index (χ3n) is 5.10. The molecule has 1 aliphatic heterocycles. The van der Waals surface area contributed by atoms with Gasteiger partial charge in [0.15, 0.2) is 0 Å². The number of halogens is 3. The Hall–Kier alpha value is -1.27. The van der Waals surface area contributed by atoms with Crippen molar-refractivity contribution in [2.24, 2.45) is 13.0 Å². The van der Waals surface area contributed by atoms with Crippen molar-refractivity contribution in [1.82, 2.24) is 19.8 Å². The van der Waals surface area contributed by atoms with Gasteiger partial charge in [-0.2, -0.15) is 0 Å². The number of aryl methyl sites for hydroxylation is 1. The average molecular weight is 416 g/mol. The first-order valence-electron chi connectivity index (χ1n) is 8.49. The van der Waals surface area contributed by atoms with E-state index in [4.69, 9.17) is 23.2 Å². The number of benzene rings is 1. The van der Waals surface area contributed by atoms with E-state index in [2.05, 4.69) is 10.3 Å². The van der Waals surface area contributed by atoms with E-state index in [1.54, 1.807) is 12.3 Å². The fourth-order valence-electron chi connectivity index (χ4n) is 3.74. The summed E-state index contributed by atoms with van der Waals surface area (Å²) in [6, 6.07) is 5.53. The number of hydrogen-bond acceptors (Lipinski definition) is 3. The summed E-state index contributed by atoms with van der Waals surface area (Å²) in [5, 5.41) is 4.61. The molecule has 0 radical (unpaired) electrons. The summed E-state index contributed by atoms with van der Waals surface area (Å²) in [6.07, 6.45) is 4.55. The Kier molecular flexibility index (Phi) is 5.82. The smallest absolute Gasteiger partial charge is 0.227 e. The molecule has 2 heterocycles. The SMILES string of the molecule is Cl.Cn1ccnc1C1CNCCN1C(=O)C1CC1c1cc(Cl)cc(Cl)c1. The molecule has 2 fully saturated rings. The van der Waals surface area contributed by atoms with Gasteiger partial charge in [0, 0.05) is 55.0 Å². The second kappa shape index (κ2) is 7.77. The highest BCUT2D eigenvalue weighted by Crippen LogP contribution is 2.50. The largest absolute Gasteiger partial charge is 0.336 e. The maximum Gasteiger partial charge on any atom is 0.227 e. The van der Waals surface area contributed by atoms with Crippen molar-refractivity contribution in [3.05, 3.63) is 52.0 Å². The fourth-order valence-corrected chi connectivity index (χ4v) is 4.28. The van der Waals surface area contributed by atoms with E-state index in [1.165, 1.54) is 0 Å². The quantitative estimate of drug-likeness (QED) is 0.835. The number of carbonyl (C=O) groups is 1. The Morgan fingerprint density at radius 3 is 2.65 bits per heavy atom. The lowest BCUT2D eigenvalue weighted by Gasteiger charge is -2.36. The molecule has 5 nitrogen and oxygen atoms in total. The van der Waals surface area contributed by atoms with E-state index < -0.39 is 0 Å². The molecule has 1 aromatic heterocycles. The van der Waals surface area contributed by atoms with Crippen LogP contribution in [-0.2, 0) is 11.8 Å². The van der Waals surface area contributed by atoms with Gasteiger partial charge in [-0.05, 0) is 36.1 Å². The summed E-state index contributed by atoms with van der Waals surface area (Å²) >= 11 is 12.2. The van der Waals surface area contributed by atoms with Crippen LogP contribution >= 0.6 is 35.6 Å². The van der Waals surface area contributed by atoms with Crippen LogP contribution < -0.4 is 5.32 Å². The Morgan fingerprint density at radius 1 is 1.27 bits per heavy atom. The summed E-state index contributed by atoms with van der Waals surface area (Å²) < 4.78 is 1.99. The number of rotatable bonds is 3. The number of imidazole rings is 1. The normalized spacial score (nSPS) is 24.9. The van der Waals surface area contributed by atoms with Crippen molar-refractivity contribution in [2.75, 3.05) is 19.6 Å². The zero-order valence-electron chi connectivity index (χ0n) is 14.4. The first kappa shape index (κ1) is 19.5. The third kappa shape index (κ3) is 3.72. The van der Waals surface area contributed by atoms with E-state index in [1.807, 2.05) is 34.8 Å². The van der Waals surface area contributed by atoms with Crippen LogP contribution in [0.5, 0.6) is 0 Å². The third-order valence-corrected chi connectivity index (χ3v) is 5.54. The summed E-state index contributed by atoms with van der Waals surface area (Å²) in [6.45, 7) is 2.25. The van der Waals surface area contributed by atoms with E-state index >= 15 is 0 Å². The fraction of sp³-hybridized carbons (Fsp3) is 0.444. The summed E-state index contributed by atoms with van der Waals surface area (Å²) in [7, 11) is 1.97. The molecule has 140 valence electrons. The van der Waals surface area contributed by atoms with Crippen LogP contribution in [0.2, 0.25) is 10.0 Å². The Balaban J connectivity index is 0.00000196. The molecule has 2 aromatic rings. The maximum atomic E-state index is 13.1. The highest BCUT2D eigenvalue weighted by atomic mass is 35.5. The molecular formula is C18H21Cl3N4O. The number of aromatic nitrogens is 2. The lowest BCUT2D eigenvalue weighted by atomic mass is 10.1. The summed E-state index contributed by atoms with van der Waals surface area (Å²) in [5.41, 5.74) is 1.06. The van der Waals surface area contributed by atoms with Crippen LogP contribution in [0, 0.1) is 5.92 Å². The second-order valence-electron chi connectivity index (χ2n) is 6.80. The van der Waals surface area contributed by atoms with Crippen molar-refractivity contribution < 1.29 is 4.79 Å². The van der Waals surface area contributed by atoms with Crippen molar-refractivity contribution in [2.45, 2.75) is 18.4 Å². The zero-order valence-corrected chi connectivity index (χ0v) is 16.7. The van der Waals surface area contributed by atoms with Crippen LogP contribution in [0.15, 0.2) is 30.6 Å². The van der Waals surface area contributed by atoms with E-state index in [0.717, 1.165) is 30.9 Å². The van der Waals surface area contributed by atoms with Gasteiger partial charge in [0.25, 0.3) is 0 Å². The highest BCUT2D eigenvalue weighted by Gasteiger charge is 2.47. The molecule has 3 atom stereocenters. The second-order valence-corrected chi connectivity index (χ2v) is 7.67. The highest BCUT2D eigenvalue weighted by molar-refractivity contribution is 6.34. The Bertz CT molecular complexity index is 789. The first-order chi connectivity index (χ1) is 12.0. The van der Waals surface area contributed by atoms with E-state index in [9.17, 15) is 4.79 Å². The molecule has 2 aliphatic rings. The molecule has 0 bridgehead atoms. The number of nitrogens with one attached hydrogen (secondary N) is 1. The predicted octanol–water partition coefficient (Wildman–Crippen LogP) is 3.43. The molecule has 3 unspecified atom stereocenters. The van der Waals surface area contributed by atoms with Gasteiger partial charge >= 0.3 is 0 Å². The van der Waals surface area contributed by atoms with Crippen molar-refractivity contribution >= 4 is 41.5 Å². The van der Waals surface area contributed by atoms with Gasteiger partial charge in [0.1, 0.15) is 11.9 Å². The van der Waals surface area contributed by atoms with Crippen LogP contribution in [0.4, 0.5) is 0 Å². The van der Waals surface area contributed by atoms with Crippen LogP contribution in [0.1, 0.15) is 29.8 Å². The maximum absolute atomic E-state index is 13.1. The number of hydrogen-bond donors (Lipinski definition) is 1.